The maximum Gasteiger partial charge on any atom is 0.252 e. The van der Waals surface area contributed by atoms with Crippen molar-refractivity contribution in [3.63, 3.8) is 0 Å². The van der Waals surface area contributed by atoms with E-state index in [1.54, 1.807) is 24.3 Å². The highest BCUT2D eigenvalue weighted by Crippen LogP contribution is 2.30. The van der Waals surface area contributed by atoms with E-state index in [2.05, 4.69) is 0 Å². The average molecular weight is 467 g/mol. The van der Waals surface area contributed by atoms with Gasteiger partial charge >= 0.3 is 0 Å². The minimum absolute atomic E-state index is 0.00856. The van der Waals surface area contributed by atoms with Gasteiger partial charge in [0.05, 0.1) is 23.5 Å². The van der Waals surface area contributed by atoms with Gasteiger partial charge in [0.1, 0.15) is 6.04 Å². The number of amides is 2. The molecule has 0 saturated carbocycles. The van der Waals surface area contributed by atoms with E-state index in [9.17, 15) is 18.0 Å². The monoisotopic (exact) mass is 466 g/mol. The van der Waals surface area contributed by atoms with Crippen LogP contribution in [0.4, 0.5) is 5.69 Å². The molecule has 8 nitrogen and oxygen atoms in total. The fourth-order valence-electron chi connectivity index (χ4n) is 3.33. The number of hydrogen-bond acceptors (Lipinski definition) is 6. The average Bonchev–Trinajstić information content (AvgIpc) is 3.03. The van der Waals surface area contributed by atoms with Crippen LogP contribution in [0.15, 0.2) is 53.4 Å². The highest BCUT2D eigenvalue weighted by molar-refractivity contribution is 7.89. The zero-order valence-corrected chi connectivity index (χ0v) is 18.9. The zero-order valence-electron chi connectivity index (χ0n) is 17.3. The second-order valence-corrected chi connectivity index (χ2v) is 9.38. The molecule has 10 heteroatoms. The van der Waals surface area contributed by atoms with Crippen LogP contribution in [0, 0.1) is 6.92 Å². The molecule has 1 aliphatic heterocycles. The number of aryl methyl sites for hydroxylation is 1. The van der Waals surface area contributed by atoms with E-state index in [1.807, 2.05) is 6.92 Å². The third kappa shape index (κ3) is 4.81. The highest BCUT2D eigenvalue weighted by Gasteiger charge is 2.47. The van der Waals surface area contributed by atoms with Gasteiger partial charge in [0.15, 0.2) is 6.29 Å². The number of carbonyl (C=O) groups excluding carboxylic acids is 2. The van der Waals surface area contributed by atoms with Gasteiger partial charge in [-0.05, 0) is 43.3 Å². The summed E-state index contributed by atoms with van der Waals surface area (Å²) in [4.78, 5) is 26.9. The summed E-state index contributed by atoms with van der Waals surface area (Å²) in [5, 5.41) is 0.450. The molecular formula is C21H23ClN2O6S. The number of hydrogen-bond donors (Lipinski definition) is 0. The summed E-state index contributed by atoms with van der Waals surface area (Å²) in [6.45, 7) is 1.57. The van der Waals surface area contributed by atoms with Gasteiger partial charge in [0.2, 0.25) is 15.9 Å². The number of carbonyl (C=O) groups is 2. The van der Waals surface area contributed by atoms with Crippen molar-refractivity contribution in [2.75, 3.05) is 25.7 Å². The number of imide groups is 1. The Kier molecular flexibility index (Phi) is 7.13. The lowest BCUT2D eigenvalue weighted by molar-refractivity contribution is -0.125. The predicted molar refractivity (Wildman–Crippen MR) is 115 cm³/mol. The first kappa shape index (κ1) is 23.4. The molecule has 0 bridgehead atoms. The van der Waals surface area contributed by atoms with Crippen molar-refractivity contribution >= 4 is 39.1 Å². The Hall–Kier alpha value is -2.30. The van der Waals surface area contributed by atoms with E-state index in [1.165, 1.54) is 38.5 Å². The largest absolute Gasteiger partial charge is 0.354 e. The van der Waals surface area contributed by atoms with E-state index in [4.69, 9.17) is 21.1 Å². The maximum absolute atomic E-state index is 13.5. The summed E-state index contributed by atoms with van der Waals surface area (Å²) in [5.41, 5.74) is 1.21. The lowest BCUT2D eigenvalue weighted by Crippen LogP contribution is -2.49. The highest BCUT2D eigenvalue weighted by atomic mass is 35.5. The van der Waals surface area contributed by atoms with E-state index in [-0.39, 0.29) is 17.9 Å². The molecule has 1 unspecified atom stereocenters. The number of benzene rings is 2. The molecule has 1 atom stereocenters. The van der Waals surface area contributed by atoms with Crippen molar-refractivity contribution in [2.24, 2.45) is 0 Å². The van der Waals surface area contributed by atoms with Gasteiger partial charge in [-0.1, -0.05) is 29.3 Å². The topological polar surface area (TPSA) is 93.2 Å². The van der Waals surface area contributed by atoms with Crippen molar-refractivity contribution in [2.45, 2.75) is 30.6 Å². The van der Waals surface area contributed by atoms with Crippen molar-refractivity contribution in [3.8, 4) is 0 Å². The van der Waals surface area contributed by atoms with Crippen LogP contribution in [0.5, 0.6) is 0 Å². The first-order valence-electron chi connectivity index (χ1n) is 9.45. The second-order valence-electron chi connectivity index (χ2n) is 7.05. The molecule has 31 heavy (non-hydrogen) atoms. The number of rotatable bonds is 8. The van der Waals surface area contributed by atoms with E-state index in [0.29, 0.717) is 10.7 Å². The lowest BCUT2D eigenvalue weighted by Gasteiger charge is -2.29. The van der Waals surface area contributed by atoms with Crippen LogP contribution >= 0.6 is 11.6 Å². The Morgan fingerprint density at radius 1 is 1.06 bits per heavy atom. The molecule has 3 rings (SSSR count). The first-order chi connectivity index (χ1) is 14.7. The molecular weight excluding hydrogens is 444 g/mol. The molecule has 0 radical (unpaired) electrons. The molecule has 0 aromatic heterocycles. The summed E-state index contributed by atoms with van der Waals surface area (Å²) in [6.07, 6.45) is -1.22. The van der Waals surface area contributed by atoms with Crippen LogP contribution in [0.2, 0.25) is 5.02 Å². The fraction of sp³-hybridized carbons (Fsp3) is 0.333. The summed E-state index contributed by atoms with van der Waals surface area (Å²) in [5.74, 6) is -1.15. The van der Waals surface area contributed by atoms with Gasteiger partial charge in [0.25, 0.3) is 5.91 Å². The van der Waals surface area contributed by atoms with Crippen LogP contribution in [0.25, 0.3) is 0 Å². The normalized spacial score (nSPS) is 17.2. The van der Waals surface area contributed by atoms with E-state index < -0.39 is 34.2 Å². The zero-order chi connectivity index (χ0) is 22.8. The summed E-state index contributed by atoms with van der Waals surface area (Å²) >= 11 is 5.89. The smallest absolute Gasteiger partial charge is 0.252 e. The maximum atomic E-state index is 13.5. The van der Waals surface area contributed by atoms with Gasteiger partial charge in [-0.15, -0.1) is 0 Å². The van der Waals surface area contributed by atoms with Crippen LogP contribution < -0.4 is 4.90 Å². The molecule has 2 amide bonds. The number of methoxy groups -OCH3 is 2. The minimum atomic E-state index is -4.13. The molecule has 0 N–H and O–H groups in total. The molecule has 1 aliphatic rings. The van der Waals surface area contributed by atoms with Crippen molar-refractivity contribution in [1.82, 2.24) is 4.31 Å². The van der Waals surface area contributed by atoms with Crippen LogP contribution in [0.3, 0.4) is 0 Å². The first-order valence-corrected chi connectivity index (χ1v) is 11.3. The van der Waals surface area contributed by atoms with Crippen molar-refractivity contribution in [3.05, 3.63) is 59.1 Å². The number of ether oxygens (including phenoxy) is 2. The third-order valence-corrected chi connectivity index (χ3v) is 7.18. The summed E-state index contributed by atoms with van der Waals surface area (Å²) < 4.78 is 38.2. The Bertz CT molecular complexity index is 1050. The molecule has 1 fully saturated rings. The molecule has 166 valence electrons. The molecule has 0 spiro atoms. The Morgan fingerprint density at radius 3 is 2.19 bits per heavy atom. The lowest BCUT2D eigenvalue weighted by atomic mass is 10.2. The van der Waals surface area contributed by atoms with Gasteiger partial charge in [-0.25, -0.2) is 13.3 Å². The Labute approximate surface area is 186 Å². The fourth-order valence-corrected chi connectivity index (χ4v) is 5.03. The van der Waals surface area contributed by atoms with Crippen LogP contribution in [-0.2, 0) is 29.1 Å². The second kappa shape index (κ2) is 9.46. The number of anilines is 1. The van der Waals surface area contributed by atoms with Gasteiger partial charge in [-0.3, -0.25) is 9.59 Å². The number of nitrogens with zero attached hydrogens (tertiary/aromatic N) is 2. The third-order valence-electron chi connectivity index (χ3n) is 5.04. The summed E-state index contributed by atoms with van der Waals surface area (Å²) in [6, 6.07) is 11.2. The summed E-state index contributed by atoms with van der Waals surface area (Å²) in [7, 11) is -1.40. The van der Waals surface area contributed by atoms with Gasteiger partial charge in [0, 0.05) is 19.2 Å². The number of sulfonamides is 1. The SMILES string of the molecule is COC(CN(C1CC(=O)N(c2ccc(Cl)cc2)C1=O)S(=O)(=O)c1ccc(C)cc1)OC. The number of halogens is 1. The standard InChI is InChI=1S/C21H23ClN2O6S/c1-14-4-10-17(11-5-14)31(27,28)23(13-20(29-2)30-3)18-12-19(25)24(21(18)26)16-8-6-15(22)7-9-16/h4-11,18,20H,12-13H2,1-3H3. The molecule has 1 heterocycles. The van der Waals surface area contributed by atoms with Crippen LogP contribution in [-0.4, -0.2) is 57.6 Å². The van der Waals surface area contributed by atoms with E-state index >= 15 is 0 Å². The molecule has 0 aliphatic carbocycles. The van der Waals surface area contributed by atoms with Crippen LogP contribution in [0.1, 0.15) is 12.0 Å². The Balaban J connectivity index is 2.01. The Morgan fingerprint density at radius 2 is 1.65 bits per heavy atom. The van der Waals surface area contributed by atoms with E-state index in [0.717, 1.165) is 14.8 Å². The molecule has 2 aromatic rings. The van der Waals surface area contributed by atoms with Crippen molar-refractivity contribution < 1.29 is 27.5 Å². The van der Waals surface area contributed by atoms with Crippen molar-refractivity contribution in [1.29, 1.82) is 0 Å². The van der Waals surface area contributed by atoms with Gasteiger partial charge in [-0.2, -0.15) is 4.31 Å². The minimum Gasteiger partial charge on any atom is -0.354 e. The quantitative estimate of drug-likeness (QED) is 0.438. The van der Waals surface area contributed by atoms with Gasteiger partial charge < -0.3 is 9.47 Å². The molecule has 1 saturated heterocycles. The predicted octanol–water partition coefficient (Wildman–Crippen LogP) is 2.59. The molecule has 2 aromatic carbocycles.